The monoisotopic (exact) mass is 349 g/mol. The molecule has 0 unspecified atom stereocenters. The van der Waals surface area contributed by atoms with Gasteiger partial charge < -0.3 is 4.40 Å². The van der Waals surface area contributed by atoms with Crippen LogP contribution in [0.5, 0.6) is 0 Å². The second-order valence-corrected chi connectivity index (χ2v) is 7.44. The van der Waals surface area contributed by atoms with Gasteiger partial charge in [0.15, 0.2) is 0 Å². The van der Waals surface area contributed by atoms with Gasteiger partial charge in [0.2, 0.25) is 10.0 Å². The third-order valence-electron chi connectivity index (χ3n) is 3.62. The van der Waals surface area contributed by atoms with Crippen molar-refractivity contribution in [3.8, 4) is 0 Å². The lowest BCUT2D eigenvalue weighted by molar-refractivity contribution is 0.418. The highest BCUT2D eigenvalue weighted by molar-refractivity contribution is 7.89. The van der Waals surface area contributed by atoms with Crippen molar-refractivity contribution < 1.29 is 8.42 Å². The first kappa shape index (κ1) is 16.0. The van der Waals surface area contributed by atoms with E-state index in [4.69, 9.17) is 11.6 Å². The highest BCUT2D eigenvalue weighted by atomic mass is 35.5. The molecule has 0 saturated heterocycles. The van der Waals surface area contributed by atoms with Crippen molar-refractivity contribution in [2.24, 2.45) is 0 Å². The Bertz CT molecular complexity index is 937. The second kappa shape index (κ2) is 6.31. The third-order valence-corrected chi connectivity index (χ3v) is 5.77. The SMILES string of the molecule is CCN(Cc1cnc2ccccn12)S(=O)(=O)c1cccc(Cl)c1. The van der Waals surface area contributed by atoms with Gasteiger partial charge in [-0.25, -0.2) is 13.4 Å². The molecule has 0 atom stereocenters. The number of nitrogens with zero attached hydrogens (tertiary/aromatic N) is 3. The summed E-state index contributed by atoms with van der Waals surface area (Å²) in [6.07, 6.45) is 3.57. The summed E-state index contributed by atoms with van der Waals surface area (Å²) in [5.74, 6) is 0. The molecule has 23 heavy (non-hydrogen) atoms. The smallest absolute Gasteiger partial charge is 0.243 e. The van der Waals surface area contributed by atoms with Gasteiger partial charge in [-0.1, -0.05) is 30.7 Å². The Morgan fingerprint density at radius 1 is 1.22 bits per heavy atom. The summed E-state index contributed by atoms with van der Waals surface area (Å²) in [7, 11) is -3.61. The van der Waals surface area contributed by atoms with Crippen LogP contribution in [0.2, 0.25) is 5.02 Å². The van der Waals surface area contributed by atoms with Crippen LogP contribution in [0, 0.1) is 0 Å². The van der Waals surface area contributed by atoms with Crippen molar-refractivity contribution in [3.05, 3.63) is 65.6 Å². The van der Waals surface area contributed by atoms with E-state index in [9.17, 15) is 8.42 Å². The molecule has 0 amide bonds. The number of fused-ring (bicyclic) bond motifs is 1. The summed E-state index contributed by atoms with van der Waals surface area (Å²) in [6, 6.07) is 12.0. The molecule has 0 fully saturated rings. The van der Waals surface area contributed by atoms with Gasteiger partial charge in [0.25, 0.3) is 0 Å². The lowest BCUT2D eigenvalue weighted by atomic mass is 10.4. The molecule has 2 heterocycles. The van der Waals surface area contributed by atoms with E-state index in [1.807, 2.05) is 35.7 Å². The maximum absolute atomic E-state index is 12.8. The van der Waals surface area contributed by atoms with Crippen molar-refractivity contribution in [1.82, 2.24) is 13.7 Å². The van der Waals surface area contributed by atoms with E-state index in [2.05, 4.69) is 4.98 Å². The predicted molar refractivity (Wildman–Crippen MR) is 89.9 cm³/mol. The van der Waals surface area contributed by atoms with Crippen molar-refractivity contribution in [2.75, 3.05) is 6.54 Å². The predicted octanol–water partition coefficient (Wildman–Crippen LogP) is 3.20. The van der Waals surface area contributed by atoms with Crippen LogP contribution in [0.15, 0.2) is 59.8 Å². The average molecular weight is 350 g/mol. The van der Waals surface area contributed by atoms with Crippen LogP contribution < -0.4 is 0 Å². The summed E-state index contributed by atoms with van der Waals surface area (Å²) in [5, 5.41) is 0.400. The maximum atomic E-state index is 12.8. The van der Waals surface area contributed by atoms with Crippen molar-refractivity contribution >= 4 is 27.3 Å². The molecule has 0 aliphatic carbocycles. The average Bonchev–Trinajstić information content (AvgIpc) is 2.95. The number of sulfonamides is 1. The molecule has 0 N–H and O–H groups in total. The first-order chi connectivity index (χ1) is 11.0. The molecule has 3 aromatic rings. The molecule has 3 rings (SSSR count). The number of pyridine rings is 1. The standard InChI is InChI=1S/C16H16ClN3O2S/c1-2-19(23(21,22)15-7-5-6-13(17)10-15)12-14-11-18-16-8-3-4-9-20(14)16/h3-11H,2,12H2,1H3. The first-order valence-corrected chi connectivity index (χ1v) is 9.01. The quantitative estimate of drug-likeness (QED) is 0.710. The van der Waals surface area contributed by atoms with Gasteiger partial charge >= 0.3 is 0 Å². The number of imidazole rings is 1. The zero-order valence-electron chi connectivity index (χ0n) is 12.6. The molecule has 5 nitrogen and oxygen atoms in total. The maximum Gasteiger partial charge on any atom is 0.243 e. The van der Waals surface area contributed by atoms with E-state index in [1.54, 1.807) is 24.4 Å². The van der Waals surface area contributed by atoms with Gasteiger partial charge in [-0.2, -0.15) is 4.31 Å². The molecule has 0 bridgehead atoms. The largest absolute Gasteiger partial charge is 0.303 e. The van der Waals surface area contributed by atoms with Gasteiger partial charge in [0, 0.05) is 17.8 Å². The van der Waals surface area contributed by atoms with Crippen LogP contribution in [0.4, 0.5) is 0 Å². The molecule has 0 spiro atoms. The van der Waals surface area contributed by atoms with Crippen LogP contribution in [-0.2, 0) is 16.6 Å². The minimum absolute atomic E-state index is 0.195. The minimum Gasteiger partial charge on any atom is -0.303 e. The zero-order chi connectivity index (χ0) is 16.4. The topological polar surface area (TPSA) is 54.7 Å². The highest BCUT2D eigenvalue weighted by Crippen LogP contribution is 2.21. The minimum atomic E-state index is -3.61. The molecule has 0 saturated carbocycles. The number of halogens is 1. The van der Waals surface area contributed by atoms with Gasteiger partial charge in [0.1, 0.15) is 5.65 Å². The summed E-state index contributed by atoms with van der Waals surface area (Å²) < 4.78 is 28.9. The first-order valence-electron chi connectivity index (χ1n) is 7.19. The molecule has 2 aromatic heterocycles. The fraction of sp³-hybridized carbons (Fsp3) is 0.188. The second-order valence-electron chi connectivity index (χ2n) is 5.07. The van der Waals surface area contributed by atoms with Crippen LogP contribution in [0.25, 0.3) is 5.65 Å². The van der Waals surface area contributed by atoms with Crippen molar-refractivity contribution in [3.63, 3.8) is 0 Å². The van der Waals surface area contributed by atoms with Gasteiger partial charge in [-0.3, -0.25) is 0 Å². The van der Waals surface area contributed by atoms with Crippen LogP contribution in [0.1, 0.15) is 12.6 Å². The molecular formula is C16H16ClN3O2S. The van der Waals surface area contributed by atoms with E-state index in [1.165, 1.54) is 10.4 Å². The molecule has 120 valence electrons. The number of rotatable bonds is 5. The van der Waals surface area contributed by atoms with Crippen molar-refractivity contribution in [1.29, 1.82) is 0 Å². The normalized spacial score (nSPS) is 12.1. The summed E-state index contributed by atoms with van der Waals surface area (Å²) >= 11 is 5.92. The summed E-state index contributed by atoms with van der Waals surface area (Å²) in [6.45, 7) is 2.41. The van der Waals surface area contributed by atoms with E-state index in [-0.39, 0.29) is 11.4 Å². The fourth-order valence-corrected chi connectivity index (χ4v) is 4.15. The molecule has 0 radical (unpaired) electrons. The van der Waals surface area contributed by atoms with Crippen LogP contribution >= 0.6 is 11.6 Å². The third kappa shape index (κ3) is 3.10. The Morgan fingerprint density at radius 3 is 2.78 bits per heavy atom. The van der Waals surface area contributed by atoms with Gasteiger partial charge in [-0.15, -0.1) is 0 Å². The Balaban J connectivity index is 1.96. The van der Waals surface area contributed by atoms with E-state index in [0.29, 0.717) is 11.6 Å². The number of aromatic nitrogens is 2. The number of benzene rings is 1. The summed E-state index contributed by atoms with van der Waals surface area (Å²) in [4.78, 5) is 4.49. The van der Waals surface area contributed by atoms with E-state index in [0.717, 1.165) is 11.3 Å². The fourth-order valence-electron chi connectivity index (χ4n) is 2.43. The molecule has 7 heteroatoms. The Hall–Kier alpha value is -1.89. The molecular weight excluding hydrogens is 334 g/mol. The number of hydrogen-bond acceptors (Lipinski definition) is 3. The summed E-state index contributed by atoms with van der Waals surface area (Å²) in [5.41, 5.74) is 1.60. The highest BCUT2D eigenvalue weighted by Gasteiger charge is 2.24. The molecule has 1 aromatic carbocycles. The van der Waals surface area contributed by atoms with Crippen molar-refractivity contribution in [2.45, 2.75) is 18.4 Å². The van der Waals surface area contributed by atoms with Gasteiger partial charge in [-0.05, 0) is 30.3 Å². The zero-order valence-corrected chi connectivity index (χ0v) is 14.1. The lowest BCUT2D eigenvalue weighted by Gasteiger charge is -2.20. The van der Waals surface area contributed by atoms with E-state index >= 15 is 0 Å². The van der Waals surface area contributed by atoms with E-state index < -0.39 is 10.0 Å². The Labute approximate surface area is 140 Å². The number of hydrogen-bond donors (Lipinski definition) is 0. The molecule has 0 aliphatic rings. The lowest BCUT2D eigenvalue weighted by Crippen LogP contribution is -2.30. The Kier molecular flexibility index (Phi) is 4.39. The Morgan fingerprint density at radius 2 is 2.04 bits per heavy atom. The molecule has 0 aliphatic heterocycles. The van der Waals surface area contributed by atoms with Gasteiger partial charge in [0.05, 0.1) is 23.3 Å². The van der Waals surface area contributed by atoms with Crippen LogP contribution in [-0.4, -0.2) is 28.7 Å². The van der Waals surface area contributed by atoms with Crippen LogP contribution in [0.3, 0.4) is 0 Å².